The number of benzene rings is 1. The zero-order valence-corrected chi connectivity index (χ0v) is 10.3. The largest absolute Gasteiger partial charge is 0.506 e. The number of rotatable bonds is 1. The summed E-state index contributed by atoms with van der Waals surface area (Å²) < 4.78 is 0. The number of carbonyl (C=O) groups excluding carboxylic acids is 2. The number of hydrogen-bond donors (Lipinski definition) is 1. The molecule has 1 aliphatic rings. The van der Waals surface area contributed by atoms with Crippen molar-refractivity contribution < 1.29 is 14.7 Å². The summed E-state index contributed by atoms with van der Waals surface area (Å²) in [5, 5.41) is 9.43. The van der Waals surface area contributed by atoms with Crippen molar-refractivity contribution in [3.63, 3.8) is 0 Å². The maximum atomic E-state index is 12.2. The van der Waals surface area contributed by atoms with Crippen molar-refractivity contribution in [3.05, 3.63) is 52.8 Å². The van der Waals surface area contributed by atoms with Gasteiger partial charge in [-0.15, -0.1) is 0 Å². The van der Waals surface area contributed by atoms with Crippen LogP contribution in [0.15, 0.2) is 36.5 Å². The summed E-state index contributed by atoms with van der Waals surface area (Å²) in [6.45, 7) is 0. The first kappa shape index (κ1) is 11.7. The molecule has 1 aromatic heterocycles. The maximum Gasteiger partial charge on any atom is 0.284 e. The van der Waals surface area contributed by atoms with E-state index in [1.54, 1.807) is 12.1 Å². The van der Waals surface area contributed by atoms with Gasteiger partial charge in [0.25, 0.3) is 11.8 Å². The van der Waals surface area contributed by atoms with Crippen molar-refractivity contribution in [3.8, 4) is 5.75 Å². The van der Waals surface area contributed by atoms with Gasteiger partial charge in [0.15, 0.2) is 0 Å². The lowest BCUT2D eigenvalue weighted by Gasteiger charge is -2.13. The van der Waals surface area contributed by atoms with Gasteiger partial charge in [-0.2, -0.15) is 0 Å². The molecule has 0 saturated carbocycles. The van der Waals surface area contributed by atoms with E-state index in [2.05, 4.69) is 4.98 Å². The van der Waals surface area contributed by atoms with Crippen LogP contribution in [-0.4, -0.2) is 21.9 Å². The lowest BCUT2D eigenvalue weighted by molar-refractivity contribution is 0.0924. The number of carbonyl (C=O) groups is 2. The summed E-state index contributed by atoms with van der Waals surface area (Å²) in [6, 6.07) is 7.28. The third-order valence-electron chi connectivity index (χ3n) is 2.84. The predicted octanol–water partition coefficient (Wildman–Crippen LogP) is 2.24. The molecule has 0 fully saturated rings. The fourth-order valence-electron chi connectivity index (χ4n) is 1.94. The Morgan fingerprint density at radius 1 is 1.16 bits per heavy atom. The van der Waals surface area contributed by atoms with Crippen LogP contribution >= 0.6 is 11.6 Å². The number of hydrogen-bond acceptors (Lipinski definition) is 4. The fraction of sp³-hybridized carbons (Fsp3) is 0. The van der Waals surface area contributed by atoms with E-state index in [9.17, 15) is 14.7 Å². The Balaban J connectivity index is 2.11. The van der Waals surface area contributed by atoms with Crippen LogP contribution in [0.4, 0.5) is 5.69 Å². The Labute approximate surface area is 113 Å². The second-order valence-corrected chi connectivity index (χ2v) is 4.39. The van der Waals surface area contributed by atoms with Gasteiger partial charge in [-0.3, -0.25) is 14.6 Å². The molecule has 0 bridgehead atoms. The Morgan fingerprint density at radius 2 is 1.95 bits per heavy atom. The summed E-state index contributed by atoms with van der Waals surface area (Å²) in [4.78, 5) is 29.2. The molecule has 0 atom stereocenters. The molecular formula is C13H7ClN2O3. The standard InChI is InChI=1S/C13H7ClN2O3/c14-9-6-7(3-4-10(9)17)16-12(18)8-2-1-5-15-11(8)13(16)19/h1-6,17H. The molecule has 0 spiro atoms. The first-order valence-electron chi connectivity index (χ1n) is 5.42. The van der Waals surface area contributed by atoms with Crippen LogP contribution < -0.4 is 4.90 Å². The van der Waals surface area contributed by atoms with E-state index in [0.29, 0.717) is 5.69 Å². The second kappa shape index (κ2) is 4.07. The monoisotopic (exact) mass is 274 g/mol. The average Bonchev–Trinajstić information content (AvgIpc) is 2.66. The number of fused-ring (bicyclic) bond motifs is 1. The highest BCUT2D eigenvalue weighted by atomic mass is 35.5. The average molecular weight is 275 g/mol. The molecule has 6 heteroatoms. The minimum absolute atomic E-state index is 0.0713. The first-order chi connectivity index (χ1) is 9.09. The third kappa shape index (κ3) is 1.67. The van der Waals surface area contributed by atoms with Gasteiger partial charge in [-0.05, 0) is 30.3 Å². The Hall–Kier alpha value is -2.40. The number of nitrogens with zero attached hydrogens (tertiary/aromatic N) is 2. The second-order valence-electron chi connectivity index (χ2n) is 3.98. The van der Waals surface area contributed by atoms with Crippen LogP contribution in [-0.2, 0) is 0 Å². The van der Waals surface area contributed by atoms with Crippen molar-refractivity contribution in [2.24, 2.45) is 0 Å². The number of anilines is 1. The van der Waals surface area contributed by atoms with Crippen molar-refractivity contribution in [2.75, 3.05) is 4.90 Å². The van der Waals surface area contributed by atoms with Crippen molar-refractivity contribution in [1.29, 1.82) is 0 Å². The van der Waals surface area contributed by atoms with E-state index in [4.69, 9.17) is 11.6 Å². The van der Waals surface area contributed by atoms with Crippen LogP contribution in [0.1, 0.15) is 20.8 Å². The normalized spacial score (nSPS) is 13.8. The summed E-state index contributed by atoms with van der Waals surface area (Å²) in [7, 11) is 0. The van der Waals surface area contributed by atoms with Gasteiger partial charge in [0.2, 0.25) is 0 Å². The van der Waals surface area contributed by atoms with Crippen molar-refractivity contribution in [2.45, 2.75) is 0 Å². The summed E-state index contributed by atoms with van der Waals surface area (Å²) in [5.74, 6) is -1.06. The number of phenols is 1. The molecule has 0 radical (unpaired) electrons. The van der Waals surface area contributed by atoms with Gasteiger partial charge < -0.3 is 5.11 Å². The molecule has 2 amide bonds. The molecule has 0 saturated heterocycles. The van der Waals surface area contributed by atoms with Gasteiger partial charge in [0, 0.05) is 6.20 Å². The van der Waals surface area contributed by atoms with Crippen LogP contribution in [0.2, 0.25) is 5.02 Å². The molecule has 0 unspecified atom stereocenters. The zero-order chi connectivity index (χ0) is 13.6. The molecule has 19 heavy (non-hydrogen) atoms. The van der Waals surface area contributed by atoms with Crippen molar-refractivity contribution >= 4 is 29.1 Å². The van der Waals surface area contributed by atoms with Gasteiger partial charge >= 0.3 is 0 Å². The SMILES string of the molecule is O=C1c2cccnc2C(=O)N1c1ccc(O)c(Cl)c1. The van der Waals surface area contributed by atoms with Crippen LogP contribution in [0.5, 0.6) is 5.75 Å². The summed E-state index contributed by atoms with van der Waals surface area (Å²) in [6.07, 6.45) is 1.46. The number of halogens is 1. The van der Waals surface area contributed by atoms with E-state index in [1.165, 1.54) is 24.4 Å². The number of pyridine rings is 1. The quantitative estimate of drug-likeness (QED) is 0.810. The van der Waals surface area contributed by atoms with E-state index >= 15 is 0 Å². The minimum atomic E-state index is -0.498. The molecule has 94 valence electrons. The smallest absolute Gasteiger partial charge is 0.284 e. The first-order valence-corrected chi connectivity index (χ1v) is 5.79. The van der Waals surface area contributed by atoms with Crippen LogP contribution in [0.25, 0.3) is 0 Å². The Bertz CT molecular complexity index is 680. The zero-order valence-electron chi connectivity index (χ0n) is 9.50. The molecule has 5 nitrogen and oxygen atoms in total. The molecule has 3 rings (SSSR count). The number of phenolic OH excluding ortho intramolecular Hbond substituents is 1. The number of aromatic hydroxyl groups is 1. The molecule has 2 heterocycles. The highest BCUT2D eigenvalue weighted by molar-refractivity contribution is 6.35. The number of imide groups is 1. The predicted molar refractivity (Wildman–Crippen MR) is 68.5 cm³/mol. The molecule has 1 aliphatic heterocycles. The number of amides is 2. The molecule has 0 aliphatic carbocycles. The molecule has 1 aromatic carbocycles. The highest BCUT2D eigenvalue weighted by Gasteiger charge is 2.37. The number of aromatic nitrogens is 1. The van der Waals surface area contributed by atoms with Crippen LogP contribution in [0.3, 0.4) is 0 Å². The van der Waals surface area contributed by atoms with Gasteiger partial charge in [-0.25, -0.2) is 4.90 Å². The third-order valence-corrected chi connectivity index (χ3v) is 3.14. The van der Waals surface area contributed by atoms with Gasteiger partial charge in [0.05, 0.1) is 16.3 Å². The fourth-order valence-corrected chi connectivity index (χ4v) is 2.11. The van der Waals surface area contributed by atoms with Gasteiger partial charge in [-0.1, -0.05) is 11.6 Å². The lowest BCUT2D eigenvalue weighted by Crippen LogP contribution is -2.29. The summed E-state index contributed by atoms with van der Waals surface area (Å²) in [5.41, 5.74) is 0.684. The van der Waals surface area contributed by atoms with E-state index < -0.39 is 11.8 Å². The van der Waals surface area contributed by atoms with E-state index in [0.717, 1.165) is 4.90 Å². The highest BCUT2D eigenvalue weighted by Crippen LogP contribution is 2.32. The van der Waals surface area contributed by atoms with E-state index in [-0.39, 0.29) is 22.0 Å². The molecule has 1 N–H and O–H groups in total. The van der Waals surface area contributed by atoms with Gasteiger partial charge in [0.1, 0.15) is 11.4 Å². The minimum Gasteiger partial charge on any atom is -0.506 e. The Kier molecular flexibility index (Phi) is 2.50. The van der Waals surface area contributed by atoms with E-state index in [1.807, 2.05) is 0 Å². The Morgan fingerprint density at radius 3 is 2.63 bits per heavy atom. The van der Waals surface area contributed by atoms with Crippen molar-refractivity contribution in [1.82, 2.24) is 4.98 Å². The summed E-state index contributed by atoms with van der Waals surface area (Å²) >= 11 is 5.78. The maximum absolute atomic E-state index is 12.2. The molecular weight excluding hydrogens is 268 g/mol. The molecule has 2 aromatic rings. The topological polar surface area (TPSA) is 70.5 Å². The lowest BCUT2D eigenvalue weighted by atomic mass is 10.2. The van der Waals surface area contributed by atoms with Crippen LogP contribution in [0, 0.1) is 0 Å².